The summed E-state index contributed by atoms with van der Waals surface area (Å²) < 4.78 is 31.7. The minimum atomic E-state index is -5.08. The standard InChI is InChI=1S/C17H14Cl2N2O3.C2HF3O2/c18-11-6-5-10(15(19)8-11)7-12(20)9-24-21-16(22)13-3-1-2-4-14(13)17(21)23;3-2(4,5)1(6)7/h1-6,8,12H,7,9,20H2;(H,6,7). The topological polar surface area (TPSA) is 110 Å². The first kappa shape index (κ1) is 24.6. The van der Waals surface area contributed by atoms with Crippen LogP contribution < -0.4 is 5.73 Å². The van der Waals surface area contributed by atoms with Crippen LogP contribution in [0.1, 0.15) is 26.3 Å². The number of aliphatic carboxylic acids is 1. The van der Waals surface area contributed by atoms with Gasteiger partial charge in [-0.25, -0.2) is 4.79 Å². The molecule has 0 spiro atoms. The maximum absolute atomic E-state index is 12.2. The molecule has 1 unspecified atom stereocenters. The van der Waals surface area contributed by atoms with E-state index in [1.807, 2.05) is 0 Å². The zero-order chi connectivity index (χ0) is 23.3. The lowest BCUT2D eigenvalue weighted by Crippen LogP contribution is -2.37. The van der Waals surface area contributed by atoms with E-state index in [9.17, 15) is 22.8 Å². The summed E-state index contributed by atoms with van der Waals surface area (Å²) in [4.78, 5) is 38.6. The fraction of sp³-hybridized carbons (Fsp3) is 0.211. The van der Waals surface area contributed by atoms with Gasteiger partial charge < -0.3 is 10.8 Å². The normalized spacial score (nSPS) is 14.1. The molecule has 3 N–H and O–H groups in total. The smallest absolute Gasteiger partial charge is 0.475 e. The number of nitrogens with two attached hydrogens (primary N) is 1. The van der Waals surface area contributed by atoms with Gasteiger partial charge >= 0.3 is 12.1 Å². The van der Waals surface area contributed by atoms with Gasteiger partial charge in [0.05, 0.1) is 17.7 Å². The zero-order valence-corrected chi connectivity index (χ0v) is 17.0. The molecular weight excluding hydrogens is 464 g/mol. The summed E-state index contributed by atoms with van der Waals surface area (Å²) in [6.45, 7) is 0.00439. The van der Waals surface area contributed by atoms with Gasteiger partial charge in [0.25, 0.3) is 11.8 Å². The highest BCUT2D eigenvalue weighted by atomic mass is 35.5. The predicted molar refractivity (Wildman–Crippen MR) is 105 cm³/mol. The number of carboxylic acid groups (broad SMARTS) is 1. The first-order chi connectivity index (χ1) is 14.4. The van der Waals surface area contributed by atoms with Crippen molar-refractivity contribution in [2.75, 3.05) is 6.61 Å². The van der Waals surface area contributed by atoms with Crippen LogP contribution >= 0.6 is 23.2 Å². The third-order valence-corrected chi connectivity index (χ3v) is 4.50. The maximum atomic E-state index is 12.2. The number of alkyl halides is 3. The minimum Gasteiger partial charge on any atom is -0.475 e. The summed E-state index contributed by atoms with van der Waals surface area (Å²) in [6.07, 6.45) is -4.65. The van der Waals surface area contributed by atoms with Crippen molar-refractivity contribution >= 4 is 41.0 Å². The Hall–Kier alpha value is -2.66. The molecule has 0 saturated heterocycles. The molecule has 166 valence electrons. The number of benzene rings is 2. The molecule has 1 aliphatic heterocycles. The number of hydroxylamine groups is 2. The molecular formula is C19H15Cl2F3N2O5. The Morgan fingerprint density at radius 2 is 1.61 bits per heavy atom. The van der Waals surface area contributed by atoms with E-state index in [2.05, 4.69) is 0 Å². The van der Waals surface area contributed by atoms with Crippen LogP contribution in [0.25, 0.3) is 0 Å². The Balaban J connectivity index is 0.000000423. The number of amides is 2. The highest BCUT2D eigenvalue weighted by molar-refractivity contribution is 6.35. The molecule has 1 aliphatic rings. The largest absolute Gasteiger partial charge is 0.490 e. The highest BCUT2D eigenvalue weighted by Crippen LogP contribution is 2.24. The van der Waals surface area contributed by atoms with E-state index in [1.165, 1.54) is 0 Å². The maximum Gasteiger partial charge on any atom is 0.490 e. The number of carboxylic acids is 1. The van der Waals surface area contributed by atoms with Crippen molar-refractivity contribution in [3.63, 3.8) is 0 Å². The Labute approximate surface area is 184 Å². The molecule has 0 radical (unpaired) electrons. The lowest BCUT2D eigenvalue weighted by atomic mass is 10.1. The third kappa shape index (κ3) is 6.41. The first-order valence-corrected chi connectivity index (χ1v) is 9.27. The van der Waals surface area contributed by atoms with E-state index >= 15 is 0 Å². The number of halogens is 5. The lowest BCUT2D eigenvalue weighted by molar-refractivity contribution is -0.192. The number of carbonyl (C=O) groups excluding carboxylic acids is 2. The monoisotopic (exact) mass is 478 g/mol. The molecule has 31 heavy (non-hydrogen) atoms. The van der Waals surface area contributed by atoms with Crippen LogP contribution in [-0.4, -0.2) is 46.8 Å². The lowest BCUT2D eigenvalue weighted by Gasteiger charge is -2.17. The van der Waals surface area contributed by atoms with Crippen LogP contribution in [0.4, 0.5) is 13.2 Å². The number of hydrogen-bond acceptors (Lipinski definition) is 5. The summed E-state index contributed by atoms with van der Waals surface area (Å²) in [5.41, 5.74) is 7.50. The van der Waals surface area contributed by atoms with Crippen LogP contribution in [0.5, 0.6) is 0 Å². The van der Waals surface area contributed by atoms with E-state index in [-0.39, 0.29) is 6.61 Å². The molecule has 2 aromatic rings. The van der Waals surface area contributed by atoms with Crippen LogP contribution in [0.3, 0.4) is 0 Å². The van der Waals surface area contributed by atoms with Gasteiger partial charge in [0.1, 0.15) is 0 Å². The van der Waals surface area contributed by atoms with Crippen molar-refractivity contribution in [1.29, 1.82) is 0 Å². The first-order valence-electron chi connectivity index (χ1n) is 8.52. The molecule has 0 saturated carbocycles. The van der Waals surface area contributed by atoms with Gasteiger partial charge in [-0.2, -0.15) is 13.2 Å². The molecule has 0 aromatic heterocycles. The van der Waals surface area contributed by atoms with Gasteiger partial charge in [0, 0.05) is 16.1 Å². The fourth-order valence-electron chi connectivity index (χ4n) is 2.48. The number of fused-ring (bicyclic) bond motifs is 1. The molecule has 1 heterocycles. The summed E-state index contributed by atoms with van der Waals surface area (Å²) >= 11 is 12.0. The predicted octanol–water partition coefficient (Wildman–Crippen LogP) is 3.72. The van der Waals surface area contributed by atoms with Crippen LogP contribution in [0, 0.1) is 0 Å². The van der Waals surface area contributed by atoms with Gasteiger partial charge in [-0.3, -0.25) is 14.4 Å². The number of nitrogens with zero attached hydrogens (tertiary/aromatic N) is 1. The average Bonchev–Trinajstić information content (AvgIpc) is 2.93. The number of carbonyl (C=O) groups is 3. The van der Waals surface area contributed by atoms with Gasteiger partial charge in [-0.05, 0) is 36.2 Å². The van der Waals surface area contributed by atoms with Crippen molar-refractivity contribution in [3.05, 3.63) is 69.2 Å². The summed E-state index contributed by atoms with van der Waals surface area (Å²) in [7, 11) is 0. The average molecular weight is 479 g/mol. The van der Waals surface area contributed by atoms with Crippen molar-refractivity contribution in [2.45, 2.75) is 18.6 Å². The van der Waals surface area contributed by atoms with E-state index in [0.29, 0.717) is 27.6 Å². The second-order valence-electron chi connectivity index (χ2n) is 6.25. The molecule has 12 heteroatoms. The van der Waals surface area contributed by atoms with Crippen LogP contribution in [-0.2, 0) is 16.1 Å². The van der Waals surface area contributed by atoms with Crippen molar-refractivity contribution in [3.8, 4) is 0 Å². The minimum absolute atomic E-state index is 0.00439. The molecule has 3 rings (SSSR count). The SMILES string of the molecule is NC(CON1C(=O)c2ccccc2C1=O)Cc1ccc(Cl)cc1Cl.O=C(O)C(F)(F)F. The van der Waals surface area contributed by atoms with Gasteiger partial charge in [-0.1, -0.05) is 41.4 Å². The second kappa shape index (κ2) is 10.1. The second-order valence-corrected chi connectivity index (χ2v) is 7.09. The zero-order valence-electron chi connectivity index (χ0n) is 15.5. The molecule has 2 aromatic carbocycles. The van der Waals surface area contributed by atoms with Crippen LogP contribution in [0.15, 0.2) is 42.5 Å². The Morgan fingerprint density at radius 1 is 1.10 bits per heavy atom. The Bertz CT molecular complexity index is 966. The summed E-state index contributed by atoms with van der Waals surface area (Å²) in [6, 6.07) is 11.3. The van der Waals surface area contributed by atoms with Gasteiger partial charge in [-0.15, -0.1) is 5.06 Å². The fourth-order valence-corrected chi connectivity index (χ4v) is 2.97. The molecule has 0 aliphatic carbocycles. The van der Waals surface area contributed by atoms with E-state index in [0.717, 1.165) is 10.6 Å². The third-order valence-electron chi connectivity index (χ3n) is 3.91. The Kier molecular flexibility index (Phi) is 8.02. The quantitative estimate of drug-likeness (QED) is 0.633. The molecule has 2 amide bonds. The molecule has 7 nitrogen and oxygen atoms in total. The number of rotatable bonds is 5. The summed E-state index contributed by atoms with van der Waals surface area (Å²) in [5.74, 6) is -3.72. The van der Waals surface area contributed by atoms with E-state index < -0.39 is 30.0 Å². The molecule has 0 fully saturated rings. The van der Waals surface area contributed by atoms with Crippen molar-refractivity contribution in [2.24, 2.45) is 5.73 Å². The van der Waals surface area contributed by atoms with Crippen molar-refractivity contribution in [1.82, 2.24) is 5.06 Å². The Morgan fingerprint density at radius 3 is 2.06 bits per heavy atom. The number of imide groups is 1. The van der Waals surface area contributed by atoms with Gasteiger partial charge in [0.2, 0.25) is 0 Å². The van der Waals surface area contributed by atoms with Crippen LogP contribution in [0.2, 0.25) is 10.0 Å². The van der Waals surface area contributed by atoms with E-state index in [4.69, 9.17) is 43.7 Å². The highest BCUT2D eigenvalue weighted by Gasteiger charge is 2.38. The van der Waals surface area contributed by atoms with Crippen molar-refractivity contribution < 1.29 is 37.5 Å². The molecule has 1 atom stereocenters. The van der Waals surface area contributed by atoms with Gasteiger partial charge in [0.15, 0.2) is 0 Å². The molecule has 0 bridgehead atoms. The van der Waals surface area contributed by atoms with E-state index in [1.54, 1.807) is 42.5 Å². The number of hydrogen-bond donors (Lipinski definition) is 2. The summed E-state index contributed by atoms with van der Waals surface area (Å²) in [5, 5.41) is 8.94.